The third-order valence-electron chi connectivity index (χ3n) is 2.64. The van der Waals surface area contributed by atoms with Gasteiger partial charge in [-0.1, -0.05) is 70.6 Å². The maximum Gasteiger partial charge on any atom is 0.0925 e. The summed E-state index contributed by atoms with van der Waals surface area (Å²) in [5, 5.41) is 0. The second-order valence-electron chi connectivity index (χ2n) is 4.57. The van der Waals surface area contributed by atoms with Gasteiger partial charge in [0.2, 0.25) is 0 Å². The molecule has 1 unspecified atom stereocenters. The van der Waals surface area contributed by atoms with E-state index in [1.54, 1.807) is 0 Å². The van der Waals surface area contributed by atoms with Crippen LogP contribution in [0.5, 0.6) is 0 Å². The highest BCUT2D eigenvalue weighted by atomic mass is 127. The summed E-state index contributed by atoms with van der Waals surface area (Å²) < 4.78 is 8.10. The average Bonchev–Trinajstić information content (AvgIpc) is 2.30. The molecule has 1 aromatic carbocycles. The molecule has 0 fully saturated rings. The van der Waals surface area contributed by atoms with E-state index >= 15 is 0 Å². The van der Waals surface area contributed by atoms with Gasteiger partial charge in [0, 0.05) is 15.5 Å². The van der Waals surface area contributed by atoms with Crippen LogP contribution in [-0.4, -0.2) is 11.0 Å². The van der Waals surface area contributed by atoms with Crippen molar-refractivity contribution in [2.75, 3.05) is 11.0 Å². The van der Waals surface area contributed by atoms with Gasteiger partial charge in [0.15, 0.2) is 0 Å². The van der Waals surface area contributed by atoms with Crippen molar-refractivity contribution in [3.8, 4) is 0 Å². The molecular weight excluding hydrogens is 391 g/mol. The summed E-state index contributed by atoms with van der Waals surface area (Å²) in [6, 6.07) is 8.31. The predicted octanol–water partition coefficient (Wildman–Crippen LogP) is 5.38. The minimum atomic E-state index is 0.207. The minimum Gasteiger partial charge on any atom is -0.373 e. The normalized spacial score (nSPS) is 13.0. The lowest BCUT2D eigenvalue weighted by Crippen LogP contribution is -2.08. The Morgan fingerprint density at radius 3 is 2.59 bits per heavy atom. The van der Waals surface area contributed by atoms with E-state index in [0.29, 0.717) is 0 Å². The van der Waals surface area contributed by atoms with Crippen LogP contribution in [0.25, 0.3) is 0 Å². The number of alkyl halides is 1. The highest BCUT2D eigenvalue weighted by molar-refractivity contribution is 14.1. The largest absolute Gasteiger partial charge is 0.373 e. The molecule has 0 heterocycles. The molecule has 0 saturated heterocycles. The molecule has 1 aromatic rings. The fourth-order valence-corrected chi connectivity index (χ4v) is 2.94. The van der Waals surface area contributed by atoms with Gasteiger partial charge >= 0.3 is 0 Å². The molecule has 96 valence electrons. The molecule has 0 saturated carbocycles. The number of halogens is 2. The summed E-state index contributed by atoms with van der Waals surface area (Å²) in [4.78, 5) is 0. The first kappa shape index (κ1) is 15.4. The van der Waals surface area contributed by atoms with Crippen LogP contribution in [-0.2, 0) is 4.74 Å². The summed E-state index contributed by atoms with van der Waals surface area (Å²) in [5.74, 6) is 0.764. The van der Waals surface area contributed by atoms with Crippen molar-refractivity contribution in [2.24, 2.45) is 5.92 Å². The highest BCUT2D eigenvalue weighted by Crippen LogP contribution is 2.27. The zero-order valence-corrected chi connectivity index (χ0v) is 14.2. The SMILES string of the molecule is CC(C)CCCOC(CI)c1ccccc1Br. The van der Waals surface area contributed by atoms with Crippen LogP contribution in [0, 0.1) is 5.92 Å². The number of rotatable bonds is 7. The molecule has 0 radical (unpaired) electrons. The monoisotopic (exact) mass is 410 g/mol. The Kier molecular flexibility index (Phi) is 7.71. The lowest BCUT2D eigenvalue weighted by Gasteiger charge is -2.17. The molecule has 17 heavy (non-hydrogen) atoms. The predicted molar refractivity (Wildman–Crippen MR) is 85.8 cm³/mol. The third-order valence-corrected chi connectivity index (χ3v) is 4.16. The quantitative estimate of drug-likeness (QED) is 0.333. The summed E-state index contributed by atoms with van der Waals surface area (Å²) >= 11 is 5.98. The van der Waals surface area contributed by atoms with E-state index in [1.807, 2.05) is 6.07 Å². The molecule has 0 aliphatic heterocycles. The standard InChI is InChI=1S/C14H20BrIO/c1-11(2)6-5-9-17-14(10-16)12-7-3-4-8-13(12)15/h3-4,7-8,11,14H,5-6,9-10H2,1-2H3. The number of hydrogen-bond donors (Lipinski definition) is 0. The molecule has 0 aliphatic carbocycles. The van der Waals surface area contributed by atoms with E-state index in [4.69, 9.17) is 4.74 Å². The third kappa shape index (κ3) is 5.71. The smallest absolute Gasteiger partial charge is 0.0925 e. The van der Waals surface area contributed by atoms with Gasteiger partial charge < -0.3 is 4.74 Å². The Hall–Kier alpha value is 0.390. The van der Waals surface area contributed by atoms with Gasteiger partial charge in [-0.3, -0.25) is 0 Å². The van der Waals surface area contributed by atoms with Crippen molar-refractivity contribution < 1.29 is 4.74 Å². The van der Waals surface area contributed by atoms with Crippen LogP contribution in [0.4, 0.5) is 0 Å². The summed E-state index contributed by atoms with van der Waals surface area (Å²) in [7, 11) is 0. The van der Waals surface area contributed by atoms with Gasteiger partial charge in [-0.05, 0) is 30.4 Å². The second kappa shape index (κ2) is 8.48. The van der Waals surface area contributed by atoms with Crippen molar-refractivity contribution in [3.05, 3.63) is 34.3 Å². The Bertz CT molecular complexity index is 328. The lowest BCUT2D eigenvalue weighted by atomic mass is 10.1. The van der Waals surface area contributed by atoms with Gasteiger partial charge in [-0.25, -0.2) is 0 Å². The van der Waals surface area contributed by atoms with Crippen LogP contribution in [0.15, 0.2) is 28.7 Å². The van der Waals surface area contributed by atoms with Crippen molar-refractivity contribution in [1.82, 2.24) is 0 Å². The second-order valence-corrected chi connectivity index (χ2v) is 6.31. The lowest BCUT2D eigenvalue weighted by molar-refractivity contribution is 0.0661. The Labute approximate surface area is 127 Å². The van der Waals surface area contributed by atoms with E-state index in [0.717, 1.165) is 27.8 Å². The van der Waals surface area contributed by atoms with Crippen LogP contribution >= 0.6 is 38.5 Å². The maximum absolute atomic E-state index is 5.97. The first-order valence-electron chi connectivity index (χ1n) is 6.07. The van der Waals surface area contributed by atoms with Crippen LogP contribution in [0.2, 0.25) is 0 Å². The number of benzene rings is 1. The fraction of sp³-hybridized carbons (Fsp3) is 0.571. The van der Waals surface area contributed by atoms with E-state index in [-0.39, 0.29) is 6.10 Å². The van der Waals surface area contributed by atoms with E-state index < -0.39 is 0 Å². The maximum atomic E-state index is 5.97. The minimum absolute atomic E-state index is 0.207. The molecule has 0 bridgehead atoms. The van der Waals surface area contributed by atoms with E-state index in [9.17, 15) is 0 Å². The molecule has 0 spiro atoms. The van der Waals surface area contributed by atoms with Gasteiger partial charge in [0.05, 0.1) is 6.10 Å². The zero-order valence-electron chi connectivity index (χ0n) is 10.5. The molecule has 1 nitrogen and oxygen atoms in total. The summed E-state index contributed by atoms with van der Waals surface area (Å²) in [5.41, 5.74) is 1.26. The fourth-order valence-electron chi connectivity index (χ4n) is 1.67. The van der Waals surface area contributed by atoms with Crippen LogP contribution < -0.4 is 0 Å². The molecule has 1 atom stereocenters. The molecule has 0 aromatic heterocycles. The van der Waals surface area contributed by atoms with Crippen LogP contribution in [0.1, 0.15) is 38.4 Å². The number of ether oxygens (including phenoxy) is 1. The Morgan fingerprint density at radius 1 is 1.29 bits per heavy atom. The zero-order chi connectivity index (χ0) is 12.7. The first-order chi connectivity index (χ1) is 8.15. The van der Waals surface area contributed by atoms with E-state index in [2.05, 4.69) is 70.6 Å². The van der Waals surface area contributed by atoms with Gasteiger partial charge in [0.25, 0.3) is 0 Å². The van der Waals surface area contributed by atoms with Crippen LogP contribution in [0.3, 0.4) is 0 Å². The Morgan fingerprint density at radius 2 is 2.00 bits per heavy atom. The van der Waals surface area contributed by atoms with Crippen molar-refractivity contribution >= 4 is 38.5 Å². The molecule has 0 aliphatic rings. The summed E-state index contributed by atoms with van der Waals surface area (Å²) in [6.45, 7) is 5.36. The van der Waals surface area contributed by atoms with Gasteiger partial charge in [-0.15, -0.1) is 0 Å². The Balaban J connectivity index is 2.46. The average molecular weight is 411 g/mol. The van der Waals surface area contributed by atoms with Crippen molar-refractivity contribution in [2.45, 2.75) is 32.8 Å². The molecule has 3 heteroatoms. The topological polar surface area (TPSA) is 9.23 Å². The van der Waals surface area contributed by atoms with Gasteiger partial charge in [-0.2, -0.15) is 0 Å². The molecular formula is C14H20BrIO. The molecule has 0 amide bonds. The van der Waals surface area contributed by atoms with Crippen molar-refractivity contribution in [1.29, 1.82) is 0 Å². The molecule has 0 N–H and O–H groups in total. The van der Waals surface area contributed by atoms with E-state index in [1.165, 1.54) is 12.0 Å². The van der Waals surface area contributed by atoms with Crippen molar-refractivity contribution in [3.63, 3.8) is 0 Å². The molecule has 1 rings (SSSR count). The first-order valence-corrected chi connectivity index (χ1v) is 8.39. The van der Waals surface area contributed by atoms with Gasteiger partial charge in [0.1, 0.15) is 0 Å². The summed E-state index contributed by atoms with van der Waals surface area (Å²) in [6.07, 6.45) is 2.59. The highest BCUT2D eigenvalue weighted by Gasteiger charge is 2.13. The number of hydrogen-bond acceptors (Lipinski definition) is 1.